The third-order valence-electron chi connectivity index (χ3n) is 1.06. The second kappa shape index (κ2) is 3.39. The van der Waals surface area contributed by atoms with Crippen molar-refractivity contribution >= 4 is 12.0 Å². The first-order valence-electron chi connectivity index (χ1n) is 2.87. The lowest BCUT2D eigenvalue weighted by Gasteiger charge is -1.88. The van der Waals surface area contributed by atoms with Crippen LogP contribution in [0.2, 0.25) is 0 Å². The van der Waals surface area contributed by atoms with Crippen molar-refractivity contribution in [3.8, 4) is 0 Å². The van der Waals surface area contributed by atoms with Gasteiger partial charge in [0.05, 0.1) is 5.56 Å². The zero-order valence-electron chi connectivity index (χ0n) is 5.52. The first-order chi connectivity index (χ1) is 5.34. The van der Waals surface area contributed by atoms with Gasteiger partial charge in [-0.3, -0.25) is 9.78 Å². The van der Waals surface area contributed by atoms with Crippen LogP contribution in [0.25, 0.3) is 0 Å². The minimum absolute atomic E-state index is 0.288. The minimum atomic E-state index is -0.618. The van der Waals surface area contributed by atoms with Crippen LogP contribution in [0, 0.1) is 0 Å². The molecule has 0 saturated carbocycles. The Morgan fingerprint density at radius 2 is 2.45 bits per heavy atom. The van der Waals surface area contributed by atoms with E-state index in [0.717, 1.165) is 6.08 Å². The number of nitrogens with zero attached hydrogens (tertiary/aromatic N) is 2. The molecule has 4 nitrogen and oxygen atoms in total. The van der Waals surface area contributed by atoms with E-state index in [4.69, 9.17) is 0 Å². The molecule has 0 fully saturated rings. The van der Waals surface area contributed by atoms with Gasteiger partial charge in [-0.1, -0.05) is 0 Å². The Morgan fingerprint density at radius 1 is 1.64 bits per heavy atom. The van der Waals surface area contributed by atoms with Crippen LogP contribution in [-0.2, 0) is 4.79 Å². The van der Waals surface area contributed by atoms with Gasteiger partial charge >= 0.3 is 0 Å². The van der Waals surface area contributed by atoms with Crippen LogP contribution in [0.5, 0.6) is 0 Å². The largest absolute Gasteiger partial charge is 0.289 e. The second-order valence-electron chi connectivity index (χ2n) is 1.75. The topological polar surface area (TPSA) is 59.4 Å². The Labute approximate surface area is 62.6 Å². The van der Waals surface area contributed by atoms with E-state index in [0.29, 0.717) is 0 Å². The summed E-state index contributed by atoms with van der Waals surface area (Å²) in [5, 5.41) is 0. The molecule has 11 heavy (non-hydrogen) atoms. The van der Waals surface area contributed by atoms with Crippen molar-refractivity contribution in [3.63, 3.8) is 0 Å². The molecule has 0 aliphatic carbocycles. The fraction of sp³-hybridized carbons (Fsp3) is 0. The molecule has 0 spiro atoms. The molecule has 1 aromatic heterocycles. The van der Waals surface area contributed by atoms with E-state index in [9.17, 15) is 9.59 Å². The van der Waals surface area contributed by atoms with Crippen LogP contribution >= 0.6 is 0 Å². The number of aromatic nitrogens is 1. The Balaban J connectivity index is 2.94. The Bertz CT molecular complexity index is 301. The van der Waals surface area contributed by atoms with Gasteiger partial charge in [0.25, 0.3) is 5.91 Å². The highest BCUT2D eigenvalue weighted by atomic mass is 16.3. The molecule has 0 saturated heterocycles. The highest BCUT2D eigenvalue weighted by Gasteiger charge is 2.00. The van der Waals surface area contributed by atoms with Crippen molar-refractivity contribution in [1.82, 2.24) is 4.98 Å². The fourth-order valence-corrected chi connectivity index (χ4v) is 0.595. The zero-order valence-corrected chi connectivity index (χ0v) is 5.52. The van der Waals surface area contributed by atoms with Gasteiger partial charge in [-0.25, -0.2) is 4.79 Å². The first-order valence-corrected chi connectivity index (χ1v) is 2.87. The highest BCUT2D eigenvalue weighted by molar-refractivity contribution is 5.97. The molecule has 1 aromatic rings. The third kappa shape index (κ3) is 1.81. The normalized spacial score (nSPS) is 8.36. The van der Waals surface area contributed by atoms with Crippen LogP contribution in [-0.4, -0.2) is 17.0 Å². The number of isocyanates is 1. The van der Waals surface area contributed by atoms with Crippen molar-refractivity contribution in [2.24, 2.45) is 4.99 Å². The second-order valence-corrected chi connectivity index (χ2v) is 1.75. The minimum Gasteiger partial charge on any atom is -0.266 e. The van der Waals surface area contributed by atoms with Crippen molar-refractivity contribution in [2.45, 2.75) is 0 Å². The van der Waals surface area contributed by atoms with E-state index in [1.54, 1.807) is 6.07 Å². The molecule has 0 aliphatic rings. The average molecular weight is 150 g/mol. The van der Waals surface area contributed by atoms with E-state index in [2.05, 4.69) is 9.98 Å². The van der Waals surface area contributed by atoms with E-state index in [1.165, 1.54) is 18.5 Å². The summed E-state index contributed by atoms with van der Waals surface area (Å²) in [5.74, 6) is -0.618. The molecule has 0 N–H and O–H groups in total. The molecule has 4 heteroatoms. The summed E-state index contributed by atoms with van der Waals surface area (Å²) in [5.41, 5.74) is 0.288. The Morgan fingerprint density at radius 3 is 3.00 bits per heavy atom. The maximum Gasteiger partial charge on any atom is 0.289 e. The zero-order chi connectivity index (χ0) is 8.10. The molecule has 1 amide bonds. The van der Waals surface area contributed by atoms with Gasteiger partial charge in [0.1, 0.15) is 0 Å². The average Bonchev–Trinajstić information content (AvgIpc) is 2.07. The molecular weight excluding hydrogens is 146 g/mol. The summed E-state index contributed by atoms with van der Waals surface area (Å²) in [4.78, 5) is 27.0. The predicted molar refractivity (Wildman–Crippen MR) is 36.7 cm³/mol. The van der Waals surface area contributed by atoms with E-state index in [1.807, 2.05) is 0 Å². The summed E-state index contributed by atoms with van der Waals surface area (Å²) >= 11 is 0. The Hall–Kier alpha value is -1.80. The number of amides is 1. The lowest BCUT2D eigenvalue weighted by atomic mass is 10.3. The maximum absolute atomic E-state index is 10.8. The number of carbonyl (C=O) groups excluding carboxylic acids is 2. The molecule has 1 rings (SSSR count). The van der Waals surface area contributed by atoms with Crippen LogP contribution in [0.1, 0.15) is 10.4 Å². The number of carbonyl (C=O) groups is 1. The fourth-order valence-electron chi connectivity index (χ4n) is 0.595. The molecule has 54 valence electrons. The lowest BCUT2D eigenvalue weighted by molar-refractivity contribution is 0.100. The van der Waals surface area contributed by atoms with Crippen molar-refractivity contribution in [3.05, 3.63) is 30.1 Å². The summed E-state index contributed by atoms with van der Waals surface area (Å²) in [6, 6.07) is 3.11. The smallest absolute Gasteiger partial charge is 0.266 e. The first kappa shape index (κ1) is 7.31. The number of hydrogen-bond donors (Lipinski definition) is 0. The molecule has 0 aliphatic heterocycles. The molecule has 0 bridgehead atoms. The third-order valence-corrected chi connectivity index (χ3v) is 1.06. The standard InChI is InChI=1S/C7H4N2O2/c10-5-9-7(11)6-2-1-3-8-4-6/h1-4H/i5+2. The molecule has 0 aromatic carbocycles. The van der Waals surface area contributed by atoms with Gasteiger partial charge in [0, 0.05) is 12.4 Å². The van der Waals surface area contributed by atoms with Crippen LogP contribution in [0.3, 0.4) is 0 Å². The SMILES string of the molecule is O=[14C]=NC(=O)c1cccnc1. The number of pyridine rings is 1. The summed E-state index contributed by atoms with van der Waals surface area (Å²) in [7, 11) is 0. The highest BCUT2D eigenvalue weighted by Crippen LogP contribution is 1.96. The van der Waals surface area contributed by atoms with E-state index < -0.39 is 5.91 Å². The lowest BCUT2D eigenvalue weighted by Crippen LogP contribution is -1.93. The van der Waals surface area contributed by atoms with Gasteiger partial charge in [-0.2, -0.15) is 0 Å². The summed E-state index contributed by atoms with van der Waals surface area (Å²) in [6.45, 7) is 0. The van der Waals surface area contributed by atoms with E-state index in [-0.39, 0.29) is 5.56 Å². The Kier molecular flexibility index (Phi) is 2.25. The van der Waals surface area contributed by atoms with Crippen LogP contribution < -0.4 is 0 Å². The van der Waals surface area contributed by atoms with Crippen LogP contribution in [0.15, 0.2) is 29.5 Å². The maximum atomic E-state index is 10.8. The van der Waals surface area contributed by atoms with Crippen molar-refractivity contribution in [2.75, 3.05) is 0 Å². The summed E-state index contributed by atoms with van der Waals surface area (Å²) in [6.07, 6.45) is 4.03. The van der Waals surface area contributed by atoms with Gasteiger partial charge in [-0.05, 0) is 12.1 Å². The monoisotopic (exact) mass is 150 g/mol. The number of hydrogen-bond acceptors (Lipinski definition) is 3. The van der Waals surface area contributed by atoms with Crippen LogP contribution in [0.4, 0.5) is 0 Å². The molecule has 0 atom stereocenters. The van der Waals surface area contributed by atoms with Gasteiger partial charge in [-0.15, -0.1) is 4.99 Å². The van der Waals surface area contributed by atoms with Gasteiger partial charge < -0.3 is 0 Å². The van der Waals surface area contributed by atoms with E-state index >= 15 is 0 Å². The van der Waals surface area contributed by atoms with Crippen molar-refractivity contribution < 1.29 is 9.59 Å². The predicted octanol–water partition coefficient (Wildman–Crippen LogP) is 0.558. The molecular formula is C7H4N2O2. The summed E-state index contributed by atoms with van der Waals surface area (Å²) < 4.78 is 0. The number of rotatable bonds is 1. The quantitative estimate of drug-likeness (QED) is 0.434. The molecule has 0 radical (unpaired) electrons. The van der Waals surface area contributed by atoms with Gasteiger partial charge in [0.2, 0.25) is 6.08 Å². The van der Waals surface area contributed by atoms with Gasteiger partial charge in [0.15, 0.2) is 0 Å². The number of aliphatic imine (C=N–C) groups is 1. The van der Waals surface area contributed by atoms with Crippen molar-refractivity contribution in [1.29, 1.82) is 0 Å². The molecule has 0 unspecified atom stereocenters. The molecule has 1 heterocycles.